The van der Waals surface area contributed by atoms with Crippen molar-refractivity contribution in [1.29, 1.82) is 0 Å². The van der Waals surface area contributed by atoms with Crippen LogP contribution in [0.5, 0.6) is 0 Å². The quantitative estimate of drug-likeness (QED) is 0.806. The lowest BCUT2D eigenvalue weighted by atomic mass is 10.1. The molecule has 5 heteroatoms. The molecular formula is C19H19N3O2. The lowest BCUT2D eigenvalue weighted by Gasteiger charge is -2.10. The molecule has 122 valence electrons. The molecule has 0 saturated heterocycles. The van der Waals surface area contributed by atoms with Crippen molar-refractivity contribution < 1.29 is 4.79 Å². The molecule has 0 aliphatic rings. The molecule has 0 aliphatic heterocycles. The van der Waals surface area contributed by atoms with Gasteiger partial charge in [-0.1, -0.05) is 24.3 Å². The fraction of sp³-hybridized carbons (Fsp3) is 0.211. The fourth-order valence-electron chi connectivity index (χ4n) is 2.90. The molecule has 3 aromatic rings. The number of benzene rings is 2. The average molecular weight is 321 g/mol. The molecule has 0 fully saturated rings. The molecule has 1 aromatic heterocycles. The first-order valence-electron chi connectivity index (χ1n) is 7.78. The summed E-state index contributed by atoms with van der Waals surface area (Å²) in [5.41, 5.74) is 3.34. The Morgan fingerprint density at radius 3 is 2.33 bits per heavy atom. The van der Waals surface area contributed by atoms with Crippen molar-refractivity contribution in [2.45, 2.75) is 27.3 Å². The molecule has 0 spiro atoms. The van der Waals surface area contributed by atoms with E-state index in [0.717, 1.165) is 27.9 Å². The van der Waals surface area contributed by atoms with E-state index in [-0.39, 0.29) is 18.0 Å². The summed E-state index contributed by atoms with van der Waals surface area (Å²) in [4.78, 5) is 24.8. The molecule has 5 nitrogen and oxygen atoms in total. The summed E-state index contributed by atoms with van der Waals surface area (Å²) in [6.45, 7) is 5.67. The number of fused-ring (bicyclic) bond motifs is 1. The molecule has 24 heavy (non-hydrogen) atoms. The van der Waals surface area contributed by atoms with Crippen molar-refractivity contribution in [3.63, 3.8) is 0 Å². The van der Waals surface area contributed by atoms with Crippen molar-refractivity contribution in [1.82, 2.24) is 9.78 Å². The largest absolute Gasteiger partial charge is 0.324 e. The minimum atomic E-state index is -0.274. The number of aryl methyl sites for hydroxylation is 3. The summed E-state index contributed by atoms with van der Waals surface area (Å²) in [6, 6.07) is 13.1. The van der Waals surface area contributed by atoms with Gasteiger partial charge >= 0.3 is 0 Å². The maximum absolute atomic E-state index is 12.5. The van der Waals surface area contributed by atoms with E-state index >= 15 is 0 Å². The summed E-state index contributed by atoms with van der Waals surface area (Å²) >= 11 is 0. The number of amides is 1. The normalized spacial score (nSPS) is 10.8. The molecule has 0 bridgehead atoms. The van der Waals surface area contributed by atoms with Crippen molar-refractivity contribution in [2.75, 3.05) is 5.32 Å². The third kappa shape index (κ3) is 3.20. The smallest absolute Gasteiger partial charge is 0.275 e. The predicted molar refractivity (Wildman–Crippen MR) is 95.3 cm³/mol. The number of anilines is 1. The average Bonchev–Trinajstić information content (AvgIpc) is 2.51. The molecule has 1 heterocycles. The Labute approximate surface area is 139 Å². The van der Waals surface area contributed by atoms with Gasteiger partial charge in [0, 0.05) is 11.1 Å². The number of carbonyl (C=O) groups is 1. The van der Waals surface area contributed by atoms with Gasteiger partial charge in [0.1, 0.15) is 6.54 Å². The van der Waals surface area contributed by atoms with E-state index in [9.17, 15) is 9.59 Å². The zero-order chi connectivity index (χ0) is 17.3. The number of carbonyl (C=O) groups excluding carboxylic acids is 1. The molecule has 3 rings (SSSR count). The second-order valence-electron chi connectivity index (χ2n) is 6.02. The van der Waals surface area contributed by atoms with Crippen molar-refractivity contribution in [2.24, 2.45) is 0 Å². The number of hydrogen-bond donors (Lipinski definition) is 1. The second-order valence-corrected chi connectivity index (χ2v) is 6.02. The van der Waals surface area contributed by atoms with Crippen LogP contribution in [0.3, 0.4) is 0 Å². The van der Waals surface area contributed by atoms with E-state index in [4.69, 9.17) is 0 Å². The van der Waals surface area contributed by atoms with Gasteiger partial charge in [0.25, 0.3) is 5.56 Å². The van der Waals surface area contributed by atoms with Crippen molar-refractivity contribution >= 4 is 22.4 Å². The van der Waals surface area contributed by atoms with Gasteiger partial charge in [0.05, 0.1) is 11.1 Å². The number of rotatable bonds is 3. The number of aromatic nitrogens is 2. The van der Waals surface area contributed by atoms with Crippen LogP contribution in [0, 0.1) is 20.8 Å². The van der Waals surface area contributed by atoms with Gasteiger partial charge in [-0.15, -0.1) is 0 Å². The first-order chi connectivity index (χ1) is 11.4. The highest BCUT2D eigenvalue weighted by Gasteiger charge is 2.11. The Balaban J connectivity index is 1.88. The monoisotopic (exact) mass is 321 g/mol. The summed E-state index contributed by atoms with van der Waals surface area (Å²) < 4.78 is 1.22. The summed E-state index contributed by atoms with van der Waals surface area (Å²) in [5.74, 6) is -0.274. The van der Waals surface area contributed by atoms with Crippen LogP contribution in [-0.4, -0.2) is 15.7 Å². The summed E-state index contributed by atoms with van der Waals surface area (Å²) in [5, 5.41) is 8.48. The van der Waals surface area contributed by atoms with Gasteiger partial charge in [-0.2, -0.15) is 5.10 Å². The molecule has 0 atom stereocenters. The van der Waals surface area contributed by atoms with Crippen LogP contribution in [0.4, 0.5) is 5.69 Å². The van der Waals surface area contributed by atoms with Crippen LogP contribution in [-0.2, 0) is 11.3 Å². The Hall–Kier alpha value is -2.95. The first-order valence-corrected chi connectivity index (χ1v) is 7.78. The van der Waals surface area contributed by atoms with Crippen molar-refractivity contribution in [3.05, 3.63) is 69.6 Å². The molecule has 1 N–H and O–H groups in total. The van der Waals surface area contributed by atoms with Gasteiger partial charge in [-0.05, 0) is 50.1 Å². The van der Waals surface area contributed by atoms with E-state index in [1.54, 1.807) is 6.07 Å². The topological polar surface area (TPSA) is 64.0 Å². The molecule has 1 amide bonds. The minimum absolute atomic E-state index is 0.114. The Bertz CT molecular complexity index is 969. The van der Waals surface area contributed by atoms with E-state index in [1.807, 2.05) is 57.2 Å². The third-order valence-electron chi connectivity index (χ3n) is 3.85. The zero-order valence-electron chi connectivity index (χ0n) is 14.0. The van der Waals surface area contributed by atoms with Gasteiger partial charge in [-0.3, -0.25) is 9.59 Å². The number of hydrogen-bond acceptors (Lipinski definition) is 3. The van der Waals surface area contributed by atoms with Gasteiger partial charge in [0.2, 0.25) is 5.91 Å². The molecular weight excluding hydrogens is 302 g/mol. The number of nitrogens with one attached hydrogen (secondary N) is 1. The van der Waals surface area contributed by atoms with Crippen LogP contribution in [0.1, 0.15) is 16.8 Å². The van der Waals surface area contributed by atoms with E-state index < -0.39 is 0 Å². The maximum Gasteiger partial charge on any atom is 0.275 e. The fourth-order valence-corrected chi connectivity index (χ4v) is 2.90. The van der Waals surface area contributed by atoms with E-state index in [1.165, 1.54) is 4.68 Å². The Morgan fingerprint density at radius 1 is 1.04 bits per heavy atom. The Kier molecular flexibility index (Phi) is 4.16. The highest BCUT2D eigenvalue weighted by molar-refractivity contribution is 5.91. The second kappa shape index (κ2) is 6.28. The van der Waals surface area contributed by atoms with Crippen LogP contribution in [0.2, 0.25) is 0 Å². The van der Waals surface area contributed by atoms with Gasteiger partial charge < -0.3 is 5.32 Å². The SMILES string of the molecule is Cc1cc(C)cc(NC(=O)Cn2nc(C)c3ccccc3c2=O)c1. The van der Waals surface area contributed by atoms with Crippen LogP contribution in [0.25, 0.3) is 10.8 Å². The molecule has 2 aromatic carbocycles. The lowest BCUT2D eigenvalue weighted by Crippen LogP contribution is -2.30. The molecule has 0 aliphatic carbocycles. The van der Waals surface area contributed by atoms with Gasteiger partial charge in [-0.25, -0.2) is 4.68 Å². The van der Waals surface area contributed by atoms with Crippen LogP contribution >= 0.6 is 0 Å². The lowest BCUT2D eigenvalue weighted by molar-refractivity contribution is -0.117. The summed E-state index contributed by atoms with van der Waals surface area (Å²) in [6.07, 6.45) is 0. The van der Waals surface area contributed by atoms with E-state index in [0.29, 0.717) is 5.39 Å². The van der Waals surface area contributed by atoms with E-state index in [2.05, 4.69) is 10.4 Å². The molecule has 0 unspecified atom stereocenters. The molecule has 0 saturated carbocycles. The minimum Gasteiger partial charge on any atom is -0.324 e. The zero-order valence-corrected chi connectivity index (χ0v) is 14.0. The highest BCUT2D eigenvalue weighted by atomic mass is 16.2. The Morgan fingerprint density at radius 2 is 1.67 bits per heavy atom. The van der Waals surface area contributed by atoms with Gasteiger partial charge in [0.15, 0.2) is 0 Å². The summed E-state index contributed by atoms with van der Waals surface area (Å²) in [7, 11) is 0. The third-order valence-corrected chi connectivity index (χ3v) is 3.85. The predicted octanol–water partition coefficient (Wildman–Crippen LogP) is 2.96. The molecule has 0 radical (unpaired) electrons. The number of nitrogens with zero attached hydrogens (tertiary/aromatic N) is 2. The maximum atomic E-state index is 12.5. The van der Waals surface area contributed by atoms with Crippen molar-refractivity contribution in [3.8, 4) is 0 Å². The van der Waals surface area contributed by atoms with Crippen LogP contribution in [0.15, 0.2) is 47.3 Å². The highest BCUT2D eigenvalue weighted by Crippen LogP contribution is 2.14. The van der Waals surface area contributed by atoms with Crippen LogP contribution < -0.4 is 10.9 Å². The first kappa shape index (κ1) is 15.9. The standard InChI is InChI=1S/C19H19N3O2/c1-12-8-13(2)10-15(9-12)20-18(23)11-22-19(24)17-7-5-4-6-16(17)14(3)21-22/h4-10H,11H2,1-3H3,(H,20,23).